The maximum Gasteiger partial charge on any atom is 0.338 e. The first-order valence-corrected chi connectivity index (χ1v) is 11.9. The minimum absolute atomic E-state index is 0.227. The summed E-state index contributed by atoms with van der Waals surface area (Å²) in [6, 6.07) is 14.5. The van der Waals surface area contributed by atoms with Gasteiger partial charge < -0.3 is 14.2 Å². The molecule has 8 heteroatoms. The van der Waals surface area contributed by atoms with Crippen LogP contribution in [0.5, 0.6) is 11.5 Å². The van der Waals surface area contributed by atoms with Crippen LogP contribution in [-0.2, 0) is 9.53 Å². The summed E-state index contributed by atoms with van der Waals surface area (Å²) < 4.78 is 18.2. The van der Waals surface area contributed by atoms with Gasteiger partial charge in [0, 0.05) is 5.56 Å². The van der Waals surface area contributed by atoms with Crippen molar-refractivity contribution >= 4 is 29.5 Å². The average molecular weight is 491 g/mol. The van der Waals surface area contributed by atoms with Crippen LogP contribution in [0.1, 0.15) is 31.0 Å². The van der Waals surface area contributed by atoms with Gasteiger partial charge in [0.2, 0.25) is 0 Å². The molecule has 2 aromatic carbocycles. The maximum absolute atomic E-state index is 13.6. The third-order valence-electron chi connectivity index (χ3n) is 5.55. The predicted octanol–water partition coefficient (Wildman–Crippen LogP) is 3.48. The summed E-state index contributed by atoms with van der Waals surface area (Å²) in [7, 11) is 3.12. The topological polar surface area (TPSA) is 79.1 Å². The minimum Gasteiger partial charge on any atom is -0.493 e. The number of allylic oxidation sites excluding steroid dienone is 2. The van der Waals surface area contributed by atoms with Crippen molar-refractivity contribution in [2.45, 2.75) is 19.9 Å². The quantitative estimate of drug-likeness (QED) is 0.474. The molecule has 0 saturated carbocycles. The molecule has 0 aliphatic carbocycles. The van der Waals surface area contributed by atoms with Crippen molar-refractivity contribution in [2.75, 3.05) is 20.8 Å². The number of carbonyl (C=O) groups is 1. The van der Waals surface area contributed by atoms with Gasteiger partial charge in [0.1, 0.15) is 0 Å². The van der Waals surface area contributed by atoms with E-state index in [9.17, 15) is 9.59 Å². The van der Waals surface area contributed by atoms with Crippen LogP contribution in [0.25, 0.3) is 12.2 Å². The normalized spacial score (nSPS) is 15.7. The fourth-order valence-corrected chi connectivity index (χ4v) is 5.00. The summed E-state index contributed by atoms with van der Waals surface area (Å²) in [5.41, 5.74) is 2.27. The zero-order valence-electron chi connectivity index (χ0n) is 20.0. The molecule has 35 heavy (non-hydrogen) atoms. The predicted molar refractivity (Wildman–Crippen MR) is 136 cm³/mol. The Bertz CT molecular complexity index is 1480. The van der Waals surface area contributed by atoms with E-state index in [0.717, 1.165) is 5.56 Å². The van der Waals surface area contributed by atoms with E-state index in [-0.39, 0.29) is 12.2 Å². The van der Waals surface area contributed by atoms with Gasteiger partial charge in [-0.25, -0.2) is 9.79 Å². The number of hydrogen-bond acceptors (Lipinski definition) is 7. The summed E-state index contributed by atoms with van der Waals surface area (Å²) in [5.74, 6) is 0.614. The molecule has 1 aromatic heterocycles. The highest BCUT2D eigenvalue weighted by atomic mass is 32.1. The molecule has 0 amide bonds. The Morgan fingerprint density at radius 2 is 1.89 bits per heavy atom. The Kier molecular flexibility index (Phi) is 7.31. The number of nitrogens with zero attached hydrogens (tertiary/aromatic N) is 2. The molecular formula is C27H26N2O5S. The van der Waals surface area contributed by atoms with Gasteiger partial charge >= 0.3 is 5.97 Å². The molecule has 0 radical (unpaired) electrons. The molecule has 1 aliphatic heterocycles. The third kappa shape index (κ3) is 4.83. The summed E-state index contributed by atoms with van der Waals surface area (Å²) >= 11 is 1.26. The Balaban J connectivity index is 1.90. The molecule has 3 aromatic rings. The number of esters is 1. The highest BCUT2D eigenvalue weighted by Gasteiger charge is 2.30. The van der Waals surface area contributed by atoms with Gasteiger partial charge in [-0.3, -0.25) is 9.36 Å². The molecule has 4 rings (SSSR count). The van der Waals surface area contributed by atoms with Gasteiger partial charge in [-0.1, -0.05) is 66.0 Å². The molecule has 0 spiro atoms. The average Bonchev–Trinajstić information content (AvgIpc) is 3.17. The number of benzene rings is 2. The first-order chi connectivity index (χ1) is 17.0. The number of rotatable bonds is 7. The number of carbonyl (C=O) groups excluding carboxylic acids is 1. The van der Waals surface area contributed by atoms with Crippen molar-refractivity contribution < 1.29 is 19.0 Å². The van der Waals surface area contributed by atoms with Crippen LogP contribution in [0.15, 0.2) is 75.7 Å². The second-order valence-electron chi connectivity index (χ2n) is 7.70. The van der Waals surface area contributed by atoms with Gasteiger partial charge in [0.05, 0.1) is 42.7 Å². The van der Waals surface area contributed by atoms with Gasteiger partial charge in [-0.15, -0.1) is 0 Å². The molecule has 0 saturated heterocycles. The molecule has 2 heterocycles. The molecule has 1 aliphatic rings. The van der Waals surface area contributed by atoms with E-state index < -0.39 is 12.0 Å². The smallest absolute Gasteiger partial charge is 0.338 e. The lowest BCUT2D eigenvalue weighted by Gasteiger charge is -2.21. The number of aromatic nitrogens is 1. The molecule has 1 atom stereocenters. The molecular weight excluding hydrogens is 464 g/mol. The first-order valence-electron chi connectivity index (χ1n) is 11.1. The summed E-state index contributed by atoms with van der Waals surface area (Å²) in [5, 5.41) is 0. The van der Waals surface area contributed by atoms with E-state index in [2.05, 4.69) is 4.99 Å². The SMILES string of the molecule is CCOC(=O)C1=C(C)N=c2s/c(=C\c3cccc(OC)c3OC)c(=O)n2[C@@H]1/C=C/c1ccccc1. The summed E-state index contributed by atoms with van der Waals surface area (Å²) in [4.78, 5) is 31.6. The number of hydrogen-bond donors (Lipinski definition) is 0. The van der Waals surface area contributed by atoms with Crippen LogP contribution >= 0.6 is 11.3 Å². The van der Waals surface area contributed by atoms with Crippen molar-refractivity contribution in [1.29, 1.82) is 0 Å². The van der Waals surface area contributed by atoms with E-state index in [1.165, 1.54) is 11.3 Å². The van der Waals surface area contributed by atoms with Gasteiger partial charge in [-0.2, -0.15) is 0 Å². The van der Waals surface area contributed by atoms with E-state index >= 15 is 0 Å². The van der Waals surface area contributed by atoms with E-state index in [0.29, 0.717) is 37.7 Å². The van der Waals surface area contributed by atoms with Crippen molar-refractivity contribution in [2.24, 2.45) is 4.99 Å². The third-order valence-corrected chi connectivity index (χ3v) is 6.53. The molecule has 0 fully saturated rings. The number of ether oxygens (including phenoxy) is 3. The van der Waals surface area contributed by atoms with Crippen LogP contribution in [0, 0.1) is 0 Å². The van der Waals surface area contributed by atoms with E-state index in [4.69, 9.17) is 14.2 Å². The van der Waals surface area contributed by atoms with Gasteiger partial charge in [-0.05, 0) is 31.6 Å². The van der Waals surface area contributed by atoms with E-state index in [1.807, 2.05) is 54.6 Å². The Morgan fingerprint density at radius 1 is 1.11 bits per heavy atom. The molecule has 7 nitrogen and oxygen atoms in total. The number of fused-ring (bicyclic) bond motifs is 1. The van der Waals surface area contributed by atoms with Crippen LogP contribution in [0.4, 0.5) is 0 Å². The monoisotopic (exact) mass is 490 g/mol. The van der Waals surface area contributed by atoms with Crippen LogP contribution in [0.3, 0.4) is 0 Å². The zero-order chi connectivity index (χ0) is 24.9. The van der Waals surface area contributed by atoms with Crippen LogP contribution < -0.4 is 24.4 Å². The fraction of sp³-hybridized carbons (Fsp3) is 0.222. The Hall–Kier alpha value is -3.91. The first kappa shape index (κ1) is 24.2. The lowest BCUT2D eigenvalue weighted by molar-refractivity contribution is -0.139. The largest absolute Gasteiger partial charge is 0.493 e. The van der Waals surface area contributed by atoms with Crippen molar-refractivity contribution in [3.05, 3.63) is 96.7 Å². The standard InChI is InChI=1S/C27H26N2O5S/c1-5-34-26(31)23-17(2)28-27-29(20(23)15-14-18-10-7-6-8-11-18)25(30)22(35-27)16-19-12-9-13-21(32-3)24(19)33-4/h6-16,20H,5H2,1-4H3/b15-14+,22-16-/t20-/m1/s1. The minimum atomic E-state index is -0.653. The Labute approximate surface area is 206 Å². The molecule has 0 unspecified atom stereocenters. The van der Waals surface area contributed by atoms with E-state index in [1.54, 1.807) is 44.8 Å². The second-order valence-corrected chi connectivity index (χ2v) is 8.71. The Morgan fingerprint density at radius 3 is 2.57 bits per heavy atom. The van der Waals surface area contributed by atoms with Crippen molar-refractivity contribution in [3.8, 4) is 11.5 Å². The fourth-order valence-electron chi connectivity index (χ4n) is 3.95. The van der Waals surface area contributed by atoms with Crippen molar-refractivity contribution in [1.82, 2.24) is 4.57 Å². The summed E-state index contributed by atoms with van der Waals surface area (Å²) in [6.07, 6.45) is 5.49. The van der Waals surface area contributed by atoms with Gasteiger partial charge in [0.15, 0.2) is 16.3 Å². The highest BCUT2D eigenvalue weighted by Crippen LogP contribution is 2.31. The number of para-hydroxylation sites is 1. The maximum atomic E-state index is 13.6. The zero-order valence-corrected chi connectivity index (χ0v) is 20.8. The van der Waals surface area contributed by atoms with Crippen LogP contribution in [0.2, 0.25) is 0 Å². The molecule has 0 N–H and O–H groups in total. The highest BCUT2D eigenvalue weighted by molar-refractivity contribution is 7.07. The molecule has 180 valence electrons. The lowest BCUT2D eigenvalue weighted by Crippen LogP contribution is -2.38. The lowest BCUT2D eigenvalue weighted by atomic mass is 10.0. The van der Waals surface area contributed by atoms with Gasteiger partial charge in [0.25, 0.3) is 5.56 Å². The number of methoxy groups -OCH3 is 2. The number of thiazole rings is 1. The summed E-state index contributed by atoms with van der Waals surface area (Å²) in [6.45, 7) is 3.74. The second kappa shape index (κ2) is 10.6. The molecule has 0 bridgehead atoms. The van der Waals surface area contributed by atoms with Crippen LogP contribution in [-0.4, -0.2) is 31.4 Å². The van der Waals surface area contributed by atoms with Crippen molar-refractivity contribution in [3.63, 3.8) is 0 Å².